The maximum absolute atomic E-state index is 12.0. The summed E-state index contributed by atoms with van der Waals surface area (Å²) < 4.78 is 0. The van der Waals surface area contributed by atoms with Crippen molar-refractivity contribution >= 4 is 46.4 Å². The van der Waals surface area contributed by atoms with Gasteiger partial charge < -0.3 is 15.5 Å². The van der Waals surface area contributed by atoms with Crippen LogP contribution in [-0.4, -0.2) is 29.9 Å². The molecular weight excluding hydrogens is 374 g/mol. The molecule has 2 N–H and O–H groups in total. The first-order valence-electron chi connectivity index (χ1n) is 9.21. The average Bonchev–Trinajstić information content (AvgIpc) is 3.09. The monoisotopic (exact) mass is 399 g/mol. The minimum atomic E-state index is 0.200. The highest BCUT2D eigenvalue weighted by Crippen LogP contribution is 2.28. The van der Waals surface area contributed by atoms with Crippen LogP contribution in [0.15, 0.2) is 48.5 Å². The van der Waals surface area contributed by atoms with Crippen molar-refractivity contribution in [2.45, 2.75) is 25.5 Å². The molecule has 1 fully saturated rings. The average molecular weight is 400 g/mol. The number of thioether (sulfide) groups is 1. The summed E-state index contributed by atoms with van der Waals surface area (Å²) in [6.45, 7) is 3.64. The summed E-state index contributed by atoms with van der Waals surface area (Å²) in [7, 11) is 0. The molecule has 142 valence electrons. The molecule has 4 nitrogen and oxygen atoms in total. The lowest BCUT2D eigenvalue weighted by Gasteiger charge is -2.20. The van der Waals surface area contributed by atoms with E-state index in [-0.39, 0.29) is 5.91 Å². The summed E-state index contributed by atoms with van der Waals surface area (Å²) in [4.78, 5) is 13.9. The highest BCUT2D eigenvalue weighted by Gasteiger charge is 2.23. The van der Waals surface area contributed by atoms with Gasteiger partial charge in [-0.15, -0.1) is 0 Å². The number of thiocarbonyl (C=S) groups is 1. The van der Waals surface area contributed by atoms with Gasteiger partial charge in [0.25, 0.3) is 0 Å². The van der Waals surface area contributed by atoms with Crippen molar-refractivity contribution in [3.8, 4) is 0 Å². The van der Waals surface area contributed by atoms with Crippen molar-refractivity contribution in [3.63, 3.8) is 0 Å². The maximum Gasteiger partial charge on any atom is 0.227 e. The van der Waals surface area contributed by atoms with Crippen LogP contribution in [0.3, 0.4) is 0 Å². The molecule has 0 bridgehead atoms. The van der Waals surface area contributed by atoms with Crippen molar-refractivity contribution in [1.82, 2.24) is 5.32 Å². The second kappa shape index (κ2) is 9.76. The van der Waals surface area contributed by atoms with Crippen LogP contribution in [-0.2, 0) is 10.5 Å². The molecule has 0 spiro atoms. The Balaban J connectivity index is 1.44. The minimum absolute atomic E-state index is 0.200. The molecule has 1 heterocycles. The Labute approximate surface area is 170 Å². The molecule has 0 aliphatic carbocycles. The topological polar surface area (TPSA) is 44.4 Å². The fourth-order valence-corrected chi connectivity index (χ4v) is 4.10. The fourth-order valence-electron chi connectivity index (χ4n) is 3.06. The third-order valence-corrected chi connectivity index (χ3v) is 5.75. The lowest BCUT2D eigenvalue weighted by molar-refractivity contribution is -0.117. The minimum Gasteiger partial charge on any atom is -0.362 e. The van der Waals surface area contributed by atoms with Crippen molar-refractivity contribution in [3.05, 3.63) is 59.7 Å². The Morgan fingerprint density at radius 2 is 2.04 bits per heavy atom. The van der Waals surface area contributed by atoms with Gasteiger partial charge in [-0.1, -0.05) is 36.4 Å². The lowest BCUT2D eigenvalue weighted by atomic mass is 10.1. The van der Waals surface area contributed by atoms with Crippen LogP contribution in [0.5, 0.6) is 0 Å². The Kier molecular flexibility index (Phi) is 7.12. The predicted molar refractivity (Wildman–Crippen MR) is 120 cm³/mol. The van der Waals surface area contributed by atoms with Crippen LogP contribution in [0.1, 0.15) is 24.0 Å². The van der Waals surface area contributed by atoms with Gasteiger partial charge in [0.15, 0.2) is 5.11 Å². The molecule has 2 aromatic carbocycles. The molecule has 0 radical (unpaired) electrons. The van der Waals surface area contributed by atoms with Crippen LogP contribution in [0, 0.1) is 6.92 Å². The predicted octanol–water partition coefficient (Wildman–Crippen LogP) is 4.34. The first kappa shape index (κ1) is 19.7. The van der Waals surface area contributed by atoms with E-state index in [0.717, 1.165) is 48.0 Å². The summed E-state index contributed by atoms with van der Waals surface area (Å²) in [5.41, 5.74) is 4.33. The molecule has 0 aromatic heterocycles. The number of aryl methyl sites for hydroxylation is 1. The van der Waals surface area contributed by atoms with Gasteiger partial charge in [0.2, 0.25) is 5.91 Å². The zero-order valence-corrected chi connectivity index (χ0v) is 17.2. The second-order valence-corrected chi connectivity index (χ2v) is 8.08. The van der Waals surface area contributed by atoms with Gasteiger partial charge >= 0.3 is 0 Å². The fraction of sp³-hybridized carbons (Fsp3) is 0.333. The molecule has 1 aliphatic rings. The summed E-state index contributed by atoms with van der Waals surface area (Å²) in [6.07, 6.45) is 1.56. The number of amides is 1. The third-order valence-electron chi connectivity index (χ3n) is 4.47. The van der Waals surface area contributed by atoms with E-state index in [0.29, 0.717) is 11.5 Å². The Morgan fingerprint density at radius 1 is 1.22 bits per heavy atom. The molecule has 0 unspecified atom stereocenters. The van der Waals surface area contributed by atoms with Gasteiger partial charge in [-0.05, 0) is 48.8 Å². The lowest BCUT2D eigenvalue weighted by Crippen LogP contribution is -2.30. The molecule has 3 rings (SSSR count). The zero-order chi connectivity index (χ0) is 19.1. The Morgan fingerprint density at radius 3 is 2.78 bits per heavy atom. The molecule has 0 atom stereocenters. The van der Waals surface area contributed by atoms with Gasteiger partial charge in [-0.2, -0.15) is 11.8 Å². The van der Waals surface area contributed by atoms with Gasteiger partial charge in [0.1, 0.15) is 0 Å². The van der Waals surface area contributed by atoms with E-state index in [1.165, 1.54) is 5.56 Å². The van der Waals surface area contributed by atoms with E-state index < -0.39 is 0 Å². The van der Waals surface area contributed by atoms with E-state index >= 15 is 0 Å². The second-order valence-electron chi connectivity index (χ2n) is 6.57. The van der Waals surface area contributed by atoms with Crippen LogP contribution in [0.2, 0.25) is 0 Å². The number of rotatable bonds is 7. The Bertz CT molecular complexity index is 795. The van der Waals surface area contributed by atoms with Crippen molar-refractivity contribution in [2.24, 2.45) is 0 Å². The quantitative estimate of drug-likeness (QED) is 0.536. The Hall–Kier alpha value is -2.05. The molecule has 0 saturated carbocycles. The van der Waals surface area contributed by atoms with E-state index in [2.05, 4.69) is 34.9 Å². The standard InChI is InChI=1S/C21H25N3OS2/c1-16-9-10-18(14-19(16)24-12-5-8-20(24)25)23-21(26)22-11-13-27-15-17-6-3-2-4-7-17/h2-4,6-7,9-10,14H,5,8,11-13,15H2,1H3,(H2,22,23,26). The molecule has 1 saturated heterocycles. The van der Waals surface area contributed by atoms with Gasteiger partial charge in [0.05, 0.1) is 0 Å². The van der Waals surface area contributed by atoms with Gasteiger partial charge in [0, 0.05) is 42.4 Å². The molecule has 1 amide bonds. The molecule has 6 heteroatoms. The highest BCUT2D eigenvalue weighted by atomic mass is 32.2. The van der Waals surface area contributed by atoms with Crippen molar-refractivity contribution in [2.75, 3.05) is 29.1 Å². The number of carbonyl (C=O) groups excluding carboxylic acids is 1. The van der Waals surface area contributed by atoms with Crippen LogP contribution >= 0.6 is 24.0 Å². The van der Waals surface area contributed by atoms with Crippen LogP contribution in [0.4, 0.5) is 11.4 Å². The van der Waals surface area contributed by atoms with Gasteiger partial charge in [-0.3, -0.25) is 4.79 Å². The number of anilines is 2. The summed E-state index contributed by atoms with van der Waals surface area (Å²) >= 11 is 7.28. The normalized spacial score (nSPS) is 13.7. The first-order chi connectivity index (χ1) is 13.1. The number of hydrogen-bond acceptors (Lipinski definition) is 3. The molecule has 1 aliphatic heterocycles. The smallest absolute Gasteiger partial charge is 0.227 e. The maximum atomic E-state index is 12.0. The third kappa shape index (κ3) is 5.71. The van der Waals surface area contributed by atoms with Gasteiger partial charge in [-0.25, -0.2) is 0 Å². The molecular formula is C21H25N3OS2. The number of nitrogens with one attached hydrogen (secondary N) is 2. The van der Waals surface area contributed by atoms with Crippen LogP contribution < -0.4 is 15.5 Å². The number of nitrogens with zero attached hydrogens (tertiary/aromatic N) is 1. The first-order valence-corrected chi connectivity index (χ1v) is 10.8. The number of hydrogen-bond donors (Lipinski definition) is 2. The highest BCUT2D eigenvalue weighted by molar-refractivity contribution is 7.98. The summed E-state index contributed by atoms with van der Waals surface area (Å²) in [5.74, 6) is 2.19. The van der Waals surface area contributed by atoms with E-state index in [1.54, 1.807) is 0 Å². The molecule has 27 heavy (non-hydrogen) atoms. The molecule has 2 aromatic rings. The van der Waals surface area contributed by atoms with Crippen molar-refractivity contribution < 1.29 is 4.79 Å². The van der Waals surface area contributed by atoms with E-state index in [1.807, 2.05) is 47.9 Å². The SMILES string of the molecule is Cc1ccc(NC(=S)NCCSCc2ccccc2)cc1N1CCCC1=O. The van der Waals surface area contributed by atoms with E-state index in [9.17, 15) is 4.79 Å². The largest absolute Gasteiger partial charge is 0.362 e. The zero-order valence-electron chi connectivity index (χ0n) is 15.5. The summed E-state index contributed by atoms with van der Waals surface area (Å²) in [6, 6.07) is 16.5. The number of carbonyl (C=O) groups is 1. The van der Waals surface area contributed by atoms with E-state index in [4.69, 9.17) is 12.2 Å². The summed E-state index contributed by atoms with van der Waals surface area (Å²) in [5, 5.41) is 7.09. The van der Waals surface area contributed by atoms with Crippen molar-refractivity contribution in [1.29, 1.82) is 0 Å². The number of benzene rings is 2. The van der Waals surface area contributed by atoms with Crippen LogP contribution in [0.25, 0.3) is 0 Å².